The van der Waals surface area contributed by atoms with Gasteiger partial charge in [0.05, 0.1) is 38.0 Å². The number of nitrogens with one attached hydrogen (secondary N) is 1. The number of hydrogen-bond donors (Lipinski definition) is 1. The van der Waals surface area contributed by atoms with Crippen molar-refractivity contribution in [1.82, 2.24) is 10.3 Å². The number of nitrogens with zero attached hydrogens (tertiary/aromatic N) is 1. The highest BCUT2D eigenvalue weighted by molar-refractivity contribution is 5.77. The summed E-state index contributed by atoms with van der Waals surface area (Å²) in [5, 5.41) is 3.41. The number of carbonyl (C=O) groups excluding carboxylic acids is 1. The van der Waals surface area contributed by atoms with Gasteiger partial charge in [0.25, 0.3) is 0 Å². The molecule has 1 aliphatic heterocycles. The number of methoxy groups -OCH3 is 1. The van der Waals surface area contributed by atoms with Crippen LogP contribution in [0.25, 0.3) is 0 Å². The molecule has 35 heavy (non-hydrogen) atoms. The number of alkyl halides is 3. The molecule has 6 nitrogen and oxygen atoms in total. The number of rotatable bonds is 7. The van der Waals surface area contributed by atoms with Gasteiger partial charge in [-0.25, -0.2) is 4.98 Å². The molecule has 3 rings (SSSR count). The number of benzene rings is 1. The molecule has 1 aliphatic rings. The monoisotopic (exact) mass is 494 g/mol. The van der Waals surface area contributed by atoms with Crippen LogP contribution in [0.4, 0.5) is 13.2 Å². The van der Waals surface area contributed by atoms with Gasteiger partial charge in [0.15, 0.2) is 0 Å². The van der Waals surface area contributed by atoms with Crippen molar-refractivity contribution < 1.29 is 32.2 Å². The first kappa shape index (κ1) is 26.9. The standard InChI is InChI=1S/C26H33F3N2O4/c1-7-34-24(32)21-19(25(3,4)5)22(20(31-21)18-11-9-8-10-15(18)2)35-14-16-12-17(26(27,28)29)13-30-23(16)33-6/h8-13,19-22,31H,7,14H2,1-6H3/t19-,20-,21-,22-/m0/s1. The van der Waals surface area contributed by atoms with Crippen LogP contribution in [0.1, 0.15) is 56.0 Å². The first-order chi connectivity index (χ1) is 16.4. The minimum Gasteiger partial charge on any atom is -0.481 e. The van der Waals surface area contributed by atoms with Gasteiger partial charge in [-0.15, -0.1) is 0 Å². The average molecular weight is 495 g/mol. The summed E-state index contributed by atoms with van der Waals surface area (Å²) in [6.45, 7) is 9.81. The fraction of sp³-hybridized carbons (Fsp3) is 0.538. The lowest BCUT2D eigenvalue weighted by Gasteiger charge is -2.35. The van der Waals surface area contributed by atoms with Crippen molar-refractivity contribution in [2.45, 2.75) is 65.6 Å². The van der Waals surface area contributed by atoms with Crippen molar-refractivity contribution in [3.8, 4) is 5.88 Å². The van der Waals surface area contributed by atoms with Crippen LogP contribution in [-0.4, -0.2) is 36.8 Å². The van der Waals surface area contributed by atoms with Crippen LogP contribution >= 0.6 is 0 Å². The van der Waals surface area contributed by atoms with Crippen molar-refractivity contribution >= 4 is 5.97 Å². The highest BCUT2D eigenvalue weighted by Crippen LogP contribution is 2.45. The third kappa shape index (κ3) is 5.95. The molecule has 192 valence electrons. The number of aryl methyl sites for hydroxylation is 1. The van der Waals surface area contributed by atoms with Crippen molar-refractivity contribution in [3.05, 3.63) is 58.8 Å². The second kappa shape index (κ2) is 10.5. The number of esters is 1. The van der Waals surface area contributed by atoms with Gasteiger partial charge in [-0.2, -0.15) is 13.2 Å². The van der Waals surface area contributed by atoms with Gasteiger partial charge in [0.2, 0.25) is 5.88 Å². The van der Waals surface area contributed by atoms with Gasteiger partial charge in [-0.3, -0.25) is 10.1 Å². The molecule has 0 saturated carbocycles. The second-order valence-corrected chi connectivity index (χ2v) is 9.79. The summed E-state index contributed by atoms with van der Waals surface area (Å²) < 4.78 is 56.9. The zero-order chi connectivity index (χ0) is 26.0. The van der Waals surface area contributed by atoms with E-state index < -0.39 is 23.9 Å². The molecule has 4 atom stereocenters. The normalized spacial score (nSPS) is 22.8. The topological polar surface area (TPSA) is 69.7 Å². The van der Waals surface area contributed by atoms with E-state index in [0.717, 1.165) is 23.4 Å². The number of hydrogen-bond acceptors (Lipinski definition) is 6. The smallest absolute Gasteiger partial charge is 0.417 e. The molecular weight excluding hydrogens is 461 g/mol. The zero-order valence-electron chi connectivity index (χ0n) is 20.9. The van der Waals surface area contributed by atoms with Crippen molar-refractivity contribution in [1.29, 1.82) is 0 Å². The number of ether oxygens (including phenoxy) is 3. The predicted octanol–water partition coefficient (Wildman–Crippen LogP) is 5.24. The van der Waals surface area contributed by atoms with E-state index in [1.54, 1.807) is 6.92 Å². The SMILES string of the molecule is CCOC(=O)[C@H]1N[C@@H](c2ccccc2C)[C@@H](OCc2cc(C(F)(F)F)cnc2OC)[C@H]1C(C)(C)C. The van der Waals surface area contributed by atoms with E-state index in [-0.39, 0.29) is 48.0 Å². The molecule has 1 saturated heterocycles. The molecule has 0 unspecified atom stereocenters. The summed E-state index contributed by atoms with van der Waals surface area (Å²) in [6, 6.07) is 7.73. The summed E-state index contributed by atoms with van der Waals surface area (Å²) in [6.07, 6.45) is -4.34. The molecule has 9 heteroatoms. The number of carbonyl (C=O) groups is 1. The minimum absolute atomic E-state index is 0.0608. The lowest BCUT2D eigenvalue weighted by Crippen LogP contribution is -2.44. The van der Waals surface area contributed by atoms with Crippen LogP contribution < -0.4 is 10.1 Å². The Hall–Kier alpha value is -2.65. The molecule has 0 radical (unpaired) electrons. The van der Waals surface area contributed by atoms with Crippen molar-refractivity contribution in [2.75, 3.05) is 13.7 Å². The highest BCUT2D eigenvalue weighted by atomic mass is 19.4. The van der Waals surface area contributed by atoms with Gasteiger partial charge >= 0.3 is 12.1 Å². The van der Waals surface area contributed by atoms with E-state index >= 15 is 0 Å². The maximum Gasteiger partial charge on any atom is 0.417 e. The molecule has 1 aromatic carbocycles. The van der Waals surface area contributed by atoms with Gasteiger partial charge in [0.1, 0.15) is 6.04 Å². The Labute approximate surface area is 204 Å². The maximum absolute atomic E-state index is 13.3. The van der Waals surface area contributed by atoms with E-state index in [0.29, 0.717) is 0 Å². The van der Waals surface area contributed by atoms with Gasteiger partial charge in [0, 0.05) is 17.7 Å². The highest BCUT2D eigenvalue weighted by Gasteiger charge is 2.53. The number of aromatic nitrogens is 1. The van der Waals surface area contributed by atoms with Crippen LogP contribution in [0.15, 0.2) is 36.5 Å². The first-order valence-corrected chi connectivity index (χ1v) is 11.6. The van der Waals surface area contributed by atoms with Crippen LogP contribution in [0, 0.1) is 18.3 Å². The minimum atomic E-state index is -4.55. The molecule has 0 aliphatic carbocycles. The van der Waals surface area contributed by atoms with Crippen LogP contribution in [-0.2, 0) is 27.1 Å². The molecule has 0 spiro atoms. The summed E-state index contributed by atoms with van der Waals surface area (Å²) in [7, 11) is 1.35. The van der Waals surface area contributed by atoms with E-state index in [4.69, 9.17) is 14.2 Å². The van der Waals surface area contributed by atoms with Gasteiger partial charge in [-0.05, 0) is 36.5 Å². The molecule has 0 amide bonds. The van der Waals surface area contributed by atoms with Gasteiger partial charge < -0.3 is 14.2 Å². The molecular formula is C26H33F3N2O4. The van der Waals surface area contributed by atoms with E-state index in [1.165, 1.54) is 7.11 Å². The summed E-state index contributed by atoms with van der Waals surface area (Å²) in [5.41, 5.74) is 0.872. The van der Waals surface area contributed by atoms with E-state index in [9.17, 15) is 18.0 Å². The summed E-state index contributed by atoms with van der Waals surface area (Å²) in [5.74, 6) is -0.642. The van der Waals surface area contributed by atoms with Crippen molar-refractivity contribution in [3.63, 3.8) is 0 Å². The predicted molar refractivity (Wildman–Crippen MR) is 125 cm³/mol. The third-order valence-corrected chi connectivity index (χ3v) is 6.34. The molecule has 1 aromatic heterocycles. The third-order valence-electron chi connectivity index (χ3n) is 6.34. The second-order valence-electron chi connectivity index (χ2n) is 9.79. The molecule has 1 fully saturated rings. The number of halogens is 3. The Morgan fingerprint density at radius 2 is 1.86 bits per heavy atom. The van der Waals surface area contributed by atoms with Crippen LogP contribution in [0.5, 0.6) is 5.88 Å². The largest absolute Gasteiger partial charge is 0.481 e. The van der Waals surface area contributed by atoms with Crippen LogP contribution in [0.3, 0.4) is 0 Å². The molecule has 1 N–H and O–H groups in total. The first-order valence-electron chi connectivity index (χ1n) is 11.6. The summed E-state index contributed by atoms with van der Waals surface area (Å²) >= 11 is 0. The Bertz CT molecular complexity index is 1040. The Morgan fingerprint density at radius 1 is 1.17 bits per heavy atom. The quantitative estimate of drug-likeness (QED) is 0.531. The maximum atomic E-state index is 13.3. The van der Waals surface area contributed by atoms with Crippen LogP contribution in [0.2, 0.25) is 0 Å². The fourth-order valence-corrected chi connectivity index (χ4v) is 4.76. The fourth-order valence-electron chi connectivity index (χ4n) is 4.76. The lowest BCUT2D eigenvalue weighted by molar-refractivity contribution is -0.148. The zero-order valence-corrected chi connectivity index (χ0v) is 20.9. The van der Waals surface area contributed by atoms with E-state index in [2.05, 4.69) is 10.3 Å². The average Bonchev–Trinajstić information content (AvgIpc) is 3.17. The Kier molecular flexibility index (Phi) is 8.11. The molecule has 0 bridgehead atoms. The number of pyridine rings is 1. The summed E-state index contributed by atoms with van der Waals surface area (Å²) in [4.78, 5) is 16.8. The molecule has 2 heterocycles. The molecule has 2 aromatic rings. The Morgan fingerprint density at radius 3 is 2.43 bits per heavy atom. The Balaban J connectivity index is 2.02. The van der Waals surface area contributed by atoms with E-state index in [1.807, 2.05) is 52.0 Å². The van der Waals surface area contributed by atoms with Crippen molar-refractivity contribution in [2.24, 2.45) is 11.3 Å². The lowest BCUT2D eigenvalue weighted by atomic mass is 9.73. The van der Waals surface area contributed by atoms with Gasteiger partial charge in [-0.1, -0.05) is 45.0 Å².